The largest absolute Gasteiger partial charge is 0.350 e. The normalized spacial score (nSPS) is 10.6. The minimum absolute atomic E-state index is 0.317. The van der Waals surface area contributed by atoms with E-state index in [0.29, 0.717) is 10.6 Å². The number of benzene rings is 1. The number of aromatic nitrogens is 1. The molecule has 0 aliphatic rings. The first kappa shape index (κ1) is 10.0. The van der Waals surface area contributed by atoms with Gasteiger partial charge in [0.2, 0.25) is 0 Å². The Kier molecular flexibility index (Phi) is 2.38. The van der Waals surface area contributed by atoms with Gasteiger partial charge in [0.05, 0.1) is 5.56 Å². The summed E-state index contributed by atoms with van der Waals surface area (Å²) in [6.45, 7) is 0. The predicted molar refractivity (Wildman–Crippen MR) is 59.6 cm³/mol. The molecule has 15 heavy (non-hydrogen) atoms. The van der Waals surface area contributed by atoms with Crippen molar-refractivity contribution in [1.82, 2.24) is 9.99 Å². The highest BCUT2D eigenvalue weighted by Crippen LogP contribution is 2.23. The van der Waals surface area contributed by atoms with Crippen LogP contribution in [0.2, 0.25) is 5.02 Å². The molecule has 5 heteroatoms. The second kappa shape index (κ2) is 3.56. The molecule has 1 amide bonds. The first-order valence-corrected chi connectivity index (χ1v) is 4.77. The lowest BCUT2D eigenvalue weighted by atomic mass is 10.2. The fourth-order valence-corrected chi connectivity index (χ4v) is 1.80. The number of nitrogens with two attached hydrogens (primary N) is 1. The third-order valence-corrected chi connectivity index (χ3v) is 2.56. The Labute approximate surface area is 91.6 Å². The summed E-state index contributed by atoms with van der Waals surface area (Å²) in [7, 11) is 1.86. The van der Waals surface area contributed by atoms with Crippen molar-refractivity contribution in [1.29, 1.82) is 0 Å². The maximum atomic E-state index is 11.5. The molecule has 78 valence electrons. The monoisotopic (exact) mass is 223 g/mol. The minimum Gasteiger partial charge on any atom is -0.350 e. The van der Waals surface area contributed by atoms with Crippen molar-refractivity contribution in [2.45, 2.75) is 0 Å². The summed E-state index contributed by atoms with van der Waals surface area (Å²) in [5, 5.41) is 1.40. The molecule has 4 nitrogen and oxygen atoms in total. The van der Waals surface area contributed by atoms with Crippen LogP contribution < -0.4 is 11.3 Å². The van der Waals surface area contributed by atoms with Gasteiger partial charge in [-0.15, -0.1) is 0 Å². The maximum absolute atomic E-state index is 11.5. The number of hydrazine groups is 1. The van der Waals surface area contributed by atoms with Crippen molar-refractivity contribution in [3.8, 4) is 0 Å². The summed E-state index contributed by atoms with van der Waals surface area (Å²) in [4.78, 5) is 11.5. The lowest BCUT2D eigenvalue weighted by Gasteiger charge is -1.97. The van der Waals surface area contributed by atoms with Crippen molar-refractivity contribution in [3.05, 3.63) is 35.0 Å². The molecule has 0 atom stereocenters. The van der Waals surface area contributed by atoms with Gasteiger partial charge in [0.15, 0.2) is 0 Å². The van der Waals surface area contributed by atoms with Crippen LogP contribution in [0.1, 0.15) is 10.4 Å². The number of rotatable bonds is 1. The predicted octanol–water partition coefficient (Wildman–Crippen LogP) is 1.44. The molecule has 0 aliphatic carbocycles. The van der Waals surface area contributed by atoms with Gasteiger partial charge >= 0.3 is 0 Å². The number of hydrogen-bond acceptors (Lipinski definition) is 2. The van der Waals surface area contributed by atoms with Crippen molar-refractivity contribution in [3.63, 3.8) is 0 Å². The van der Waals surface area contributed by atoms with E-state index in [-0.39, 0.29) is 5.91 Å². The third kappa shape index (κ3) is 1.58. The van der Waals surface area contributed by atoms with Gasteiger partial charge in [0, 0.05) is 29.2 Å². The standard InChI is InChI=1S/C10H10ClN3O/c1-14-5-8(10(15)13-12)7-4-6(11)2-3-9(7)14/h2-5H,12H2,1H3,(H,13,15). The molecule has 1 aromatic carbocycles. The van der Waals surface area contributed by atoms with E-state index in [9.17, 15) is 4.79 Å². The second-order valence-electron chi connectivity index (χ2n) is 3.29. The fraction of sp³-hybridized carbons (Fsp3) is 0.100. The molecule has 1 aromatic heterocycles. The molecule has 0 spiro atoms. The fourth-order valence-electron chi connectivity index (χ4n) is 1.62. The van der Waals surface area contributed by atoms with Gasteiger partial charge in [0.1, 0.15) is 0 Å². The lowest BCUT2D eigenvalue weighted by molar-refractivity contribution is 0.0955. The summed E-state index contributed by atoms with van der Waals surface area (Å²) in [5.74, 6) is 4.78. The molecule has 0 aliphatic heterocycles. The summed E-state index contributed by atoms with van der Waals surface area (Å²) < 4.78 is 1.86. The van der Waals surface area contributed by atoms with Crippen molar-refractivity contribution in [2.24, 2.45) is 12.9 Å². The molecule has 0 bridgehead atoms. The molecule has 0 saturated carbocycles. The maximum Gasteiger partial charge on any atom is 0.267 e. The van der Waals surface area contributed by atoms with E-state index in [4.69, 9.17) is 17.4 Å². The Balaban J connectivity index is 2.75. The number of carbonyl (C=O) groups is 1. The highest BCUT2D eigenvalue weighted by molar-refractivity contribution is 6.31. The molecule has 0 radical (unpaired) electrons. The molecule has 2 aromatic rings. The van der Waals surface area contributed by atoms with Gasteiger partial charge in [-0.2, -0.15) is 0 Å². The van der Waals surface area contributed by atoms with Gasteiger partial charge in [-0.25, -0.2) is 5.84 Å². The van der Waals surface area contributed by atoms with Gasteiger partial charge in [-0.3, -0.25) is 10.2 Å². The quantitative estimate of drug-likeness (QED) is 0.437. The van der Waals surface area contributed by atoms with E-state index in [1.165, 1.54) is 0 Å². The van der Waals surface area contributed by atoms with Crippen LogP contribution >= 0.6 is 11.6 Å². The van der Waals surface area contributed by atoms with Gasteiger partial charge in [-0.1, -0.05) is 11.6 Å². The summed E-state index contributed by atoms with van der Waals surface area (Å²) >= 11 is 5.88. The second-order valence-corrected chi connectivity index (χ2v) is 3.73. The van der Waals surface area contributed by atoms with E-state index in [2.05, 4.69) is 5.43 Å². The average molecular weight is 224 g/mol. The van der Waals surface area contributed by atoms with Gasteiger partial charge < -0.3 is 4.57 Å². The number of nitrogens with one attached hydrogen (secondary N) is 1. The topological polar surface area (TPSA) is 60.0 Å². The number of halogens is 1. The van der Waals surface area contributed by atoms with Crippen molar-refractivity contribution < 1.29 is 4.79 Å². The number of nitrogens with zero attached hydrogens (tertiary/aromatic N) is 1. The molecule has 0 saturated heterocycles. The minimum atomic E-state index is -0.317. The zero-order valence-electron chi connectivity index (χ0n) is 8.12. The van der Waals surface area contributed by atoms with Gasteiger partial charge in [0.25, 0.3) is 5.91 Å². The number of nitrogen functional groups attached to an aromatic ring is 1. The highest BCUT2D eigenvalue weighted by Gasteiger charge is 2.12. The number of carbonyl (C=O) groups excluding carboxylic acids is 1. The van der Waals surface area contributed by atoms with E-state index < -0.39 is 0 Å². The SMILES string of the molecule is Cn1cc(C(=O)NN)c2cc(Cl)ccc21. The van der Waals surface area contributed by atoms with Crippen LogP contribution in [0.25, 0.3) is 10.9 Å². The average Bonchev–Trinajstić information content (AvgIpc) is 2.54. The number of hydrogen-bond donors (Lipinski definition) is 2. The van der Waals surface area contributed by atoms with E-state index in [0.717, 1.165) is 10.9 Å². The zero-order valence-corrected chi connectivity index (χ0v) is 8.88. The molecular formula is C10H10ClN3O. The Morgan fingerprint density at radius 2 is 2.27 bits per heavy atom. The van der Waals surface area contributed by atoms with Crippen LogP contribution in [0.5, 0.6) is 0 Å². The zero-order chi connectivity index (χ0) is 11.0. The van der Waals surface area contributed by atoms with E-state index in [1.54, 1.807) is 18.3 Å². The first-order chi connectivity index (χ1) is 7.13. The van der Waals surface area contributed by atoms with Crippen LogP contribution in [-0.4, -0.2) is 10.5 Å². The summed E-state index contributed by atoms with van der Waals surface area (Å²) in [6.07, 6.45) is 1.73. The van der Waals surface area contributed by atoms with Crippen molar-refractivity contribution >= 4 is 28.4 Å². The van der Waals surface area contributed by atoms with Crippen LogP contribution in [-0.2, 0) is 7.05 Å². The van der Waals surface area contributed by atoms with Gasteiger partial charge in [-0.05, 0) is 18.2 Å². The molecule has 3 N–H and O–H groups in total. The summed E-state index contributed by atoms with van der Waals surface area (Å²) in [5.41, 5.74) is 3.58. The number of fused-ring (bicyclic) bond motifs is 1. The smallest absolute Gasteiger partial charge is 0.267 e. The Hall–Kier alpha value is -1.52. The number of amides is 1. The molecule has 1 heterocycles. The van der Waals surface area contributed by atoms with E-state index in [1.807, 2.05) is 17.7 Å². The van der Waals surface area contributed by atoms with Crippen molar-refractivity contribution in [2.75, 3.05) is 0 Å². The van der Waals surface area contributed by atoms with Crippen LogP contribution in [0.15, 0.2) is 24.4 Å². The highest BCUT2D eigenvalue weighted by atomic mass is 35.5. The lowest BCUT2D eigenvalue weighted by Crippen LogP contribution is -2.29. The molecule has 0 fully saturated rings. The van der Waals surface area contributed by atoms with Crippen LogP contribution in [0.3, 0.4) is 0 Å². The molecule has 2 rings (SSSR count). The molecular weight excluding hydrogens is 214 g/mol. The Bertz CT molecular complexity index is 533. The van der Waals surface area contributed by atoms with Crippen LogP contribution in [0, 0.1) is 0 Å². The van der Waals surface area contributed by atoms with E-state index >= 15 is 0 Å². The Morgan fingerprint density at radius 1 is 1.53 bits per heavy atom. The first-order valence-electron chi connectivity index (χ1n) is 4.39. The number of aryl methyl sites for hydroxylation is 1. The Morgan fingerprint density at radius 3 is 2.93 bits per heavy atom. The third-order valence-electron chi connectivity index (χ3n) is 2.33. The van der Waals surface area contributed by atoms with Crippen LogP contribution in [0.4, 0.5) is 0 Å². The molecule has 0 unspecified atom stereocenters. The summed E-state index contributed by atoms with van der Waals surface area (Å²) in [6, 6.07) is 5.40.